The molecule has 1 amide bonds. The molecule has 0 N–H and O–H groups in total. The van der Waals surface area contributed by atoms with Crippen LogP contribution in [0.5, 0.6) is 17.2 Å². The summed E-state index contributed by atoms with van der Waals surface area (Å²) < 4.78 is 17.1. The lowest BCUT2D eigenvalue weighted by molar-refractivity contribution is -0.134. The van der Waals surface area contributed by atoms with E-state index in [4.69, 9.17) is 14.2 Å². The molecule has 0 bridgehead atoms. The van der Waals surface area contributed by atoms with E-state index in [-0.39, 0.29) is 12.5 Å². The molecule has 30 heavy (non-hydrogen) atoms. The van der Waals surface area contributed by atoms with Crippen molar-refractivity contribution in [2.75, 3.05) is 39.5 Å². The number of fused-ring (bicyclic) bond motifs is 1. The average Bonchev–Trinajstić information content (AvgIpc) is 3.25. The van der Waals surface area contributed by atoms with Crippen molar-refractivity contribution < 1.29 is 19.0 Å². The van der Waals surface area contributed by atoms with Crippen LogP contribution in [0.25, 0.3) is 0 Å². The molecule has 4 rings (SSSR count). The van der Waals surface area contributed by atoms with E-state index < -0.39 is 0 Å². The zero-order valence-corrected chi connectivity index (χ0v) is 17.6. The normalized spacial score (nSPS) is 18.2. The summed E-state index contributed by atoms with van der Waals surface area (Å²) >= 11 is 0. The Bertz CT molecular complexity index is 842. The second-order valence-electron chi connectivity index (χ2n) is 7.78. The Morgan fingerprint density at radius 1 is 1.13 bits per heavy atom. The Morgan fingerprint density at radius 2 is 1.93 bits per heavy atom. The summed E-state index contributed by atoms with van der Waals surface area (Å²) in [6.45, 7) is 6.70. The van der Waals surface area contributed by atoms with Gasteiger partial charge in [-0.15, -0.1) is 0 Å². The highest BCUT2D eigenvalue weighted by Crippen LogP contribution is 2.31. The minimum Gasteiger partial charge on any atom is -0.486 e. The average molecular weight is 411 g/mol. The van der Waals surface area contributed by atoms with Gasteiger partial charge in [0.1, 0.15) is 19.0 Å². The van der Waals surface area contributed by atoms with E-state index in [1.54, 1.807) is 0 Å². The summed E-state index contributed by atoms with van der Waals surface area (Å²) in [7, 11) is 0. The summed E-state index contributed by atoms with van der Waals surface area (Å²) in [4.78, 5) is 17.5. The molecule has 2 aromatic rings. The first-order chi connectivity index (χ1) is 14.7. The predicted molar refractivity (Wildman–Crippen MR) is 115 cm³/mol. The number of nitrogens with zero attached hydrogens (tertiary/aromatic N) is 2. The van der Waals surface area contributed by atoms with Crippen molar-refractivity contribution >= 4 is 5.91 Å². The molecule has 2 aliphatic rings. The van der Waals surface area contributed by atoms with Gasteiger partial charge in [-0.2, -0.15) is 0 Å². The number of para-hydroxylation sites is 1. The van der Waals surface area contributed by atoms with Gasteiger partial charge < -0.3 is 19.1 Å². The van der Waals surface area contributed by atoms with Crippen molar-refractivity contribution in [3.8, 4) is 17.2 Å². The van der Waals surface area contributed by atoms with Crippen molar-refractivity contribution in [2.24, 2.45) is 0 Å². The predicted octanol–water partition coefficient (Wildman–Crippen LogP) is 3.35. The van der Waals surface area contributed by atoms with Crippen LogP contribution in [0.3, 0.4) is 0 Å². The third-order valence-corrected chi connectivity index (χ3v) is 5.77. The third-order valence-electron chi connectivity index (χ3n) is 5.77. The number of benzene rings is 2. The van der Waals surface area contributed by atoms with E-state index >= 15 is 0 Å². The van der Waals surface area contributed by atoms with Crippen LogP contribution in [0.1, 0.15) is 25.3 Å². The maximum atomic E-state index is 13.1. The number of carbonyl (C=O) groups is 1. The summed E-state index contributed by atoms with van der Waals surface area (Å²) in [5.74, 6) is 2.23. The van der Waals surface area contributed by atoms with Crippen LogP contribution < -0.4 is 14.2 Å². The quantitative estimate of drug-likeness (QED) is 0.668. The van der Waals surface area contributed by atoms with Gasteiger partial charge in [-0.05, 0) is 55.8 Å². The molecule has 0 radical (unpaired) electrons. The van der Waals surface area contributed by atoms with Gasteiger partial charge in [-0.25, -0.2) is 0 Å². The topological polar surface area (TPSA) is 51.2 Å². The highest BCUT2D eigenvalue weighted by atomic mass is 16.6. The molecule has 160 valence electrons. The van der Waals surface area contributed by atoms with Gasteiger partial charge in [0.25, 0.3) is 5.91 Å². The maximum absolute atomic E-state index is 13.1. The Kier molecular flexibility index (Phi) is 6.74. The minimum atomic E-state index is -0.00306. The van der Waals surface area contributed by atoms with Crippen LogP contribution in [0.4, 0.5) is 0 Å². The fraction of sp³-hybridized carbons (Fsp3) is 0.458. The van der Waals surface area contributed by atoms with Gasteiger partial charge in [-0.1, -0.05) is 31.2 Å². The lowest BCUT2D eigenvalue weighted by atomic mass is 10.1. The van der Waals surface area contributed by atoms with E-state index in [0.717, 1.165) is 36.6 Å². The second kappa shape index (κ2) is 9.85. The maximum Gasteiger partial charge on any atom is 0.260 e. The number of rotatable bonds is 8. The van der Waals surface area contributed by atoms with E-state index in [1.165, 1.54) is 6.42 Å². The molecular formula is C24H30N2O4. The first-order valence-corrected chi connectivity index (χ1v) is 10.8. The van der Waals surface area contributed by atoms with E-state index in [2.05, 4.69) is 11.8 Å². The van der Waals surface area contributed by atoms with Gasteiger partial charge in [0, 0.05) is 19.1 Å². The number of likely N-dealkylation sites (N-methyl/N-ethyl adjacent to an activating group) is 1. The Hall–Kier alpha value is -2.73. The van der Waals surface area contributed by atoms with E-state index in [1.807, 2.05) is 53.4 Å². The number of likely N-dealkylation sites (tertiary alicyclic amines) is 1. The van der Waals surface area contributed by atoms with Gasteiger partial charge in [-0.3, -0.25) is 9.69 Å². The molecule has 0 spiro atoms. The lowest BCUT2D eigenvalue weighted by Crippen LogP contribution is -2.44. The molecular weight excluding hydrogens is 380 g/mol. The molecule has 2 aromatic carbocycles. The molecule has 0 aliphatic carbocycles. The van der Waals surface area contributed by atoms with Crippen LogP contribution in [0.2, 0.25) is 0 Å². The Balaban J connectivity index is 1.46. The van der Waals surface area contributed by atoms with Gasteiger partial charge in [0.2, 0.25) is 0 Å². The SMILES string of the molecule is CCN1CCCC1CN(Cc1ccc2c(c1)OCCO2)C(=O)COc1ccccc1. The molecule has 1 unspecified atom stereocenters. The van der Waals surface area contributed by atoms with Crippen molar-refractivity contribution in [3.63, 3.8) is 0 Å². The van der Waals surface area contributed by atoms with Gasteiger partial charge >= 0.3 is 0 Å². The number of carbonyl (C=O) groups excluding carboxylic acids is 1. The van der Waals surface area contributed by atoms with E-state index in [0.29, 0.717) is 38.1 Å². The molecule has 6 heteroatoms. The Morgan fingerprint density at radius 3 is 2.73 bits per heavy atom. The molecule has 2 heterocycles. The van der Waals surface area contributed by atoms with Crippen molar-refractivity contribution in [1.82, 2.24) is 9.80 Å². The zero-order chi connectivity index (χ0) is 20.8. The fourth-order valence-corrected chi connectivity index (χ4v) is 4.19. The molecule has 0 saturated carbocycles. The molecule has 1 fully saturated rings. The largest absolute Gasteiger partial charge is 0.486 e. The summed E-state index contributed by atoms with van der Waals surface area (Å²) in [5.41, 5.74) is 1.04. The first-order valence-electron chi connectivity index (χ1n) is 10.8. The van der Waals surface area contributed by atoms with Crippen LogP contribution in [0, 0.1) is 0 Å². The van der Waals surface area contributed by atoms with E-state index in [9.17, 15) is 4.79 Å². The number of hydrogen-bond acceptors (Lipinski definition) is 5. The first kappa shape index (κ1) is 20.5. The summed E-state index contributed by atoms with van der Waals surface area (Å²) in [6.07, 6.45) is 2.31. The molecule has 6 nitrogen and oxygen atoms in total. The smallest absolute Gasteiger partial charge is 0.260 e. The zero-order valence-electron chi connectivity index (χ0n) is 17.6. The van der Waals surface area contributed by atoms with Crippen LogP contribution in [0.15, 0.2) is 48.5 Å². The third kappa shape index (κ3) is 5.05. The van der Waals surface area contributed by atoms with Crippen molar-refractivity contribution in [2.45, 2.75) is 32.4 Å². The van der Waals surface area contributed by atoms with Crippen LogP contribution in [-0.2, 0) is 11.3 Å². The highest BCUT2D eigenvalue weighted by Gasteiger charge is 2.27. The lowest BCUT2D eigenvalue weighted by Gasteiger charge is -2.31. The number of hydrogen-bond donors (Lipinski definition) is 0. The number of amides is 1. The monoisotopic (exact) mass is 410 g/mol. The Labute approximate surface area is 178 Å². The van der Waals surface area contributed by atoms with Crippen molar-refractivity contribution in [3.05, 3.63) is 54.1 Å². The molecule has 0 aromatic heterocycles. The van der Waals surface area contributed by atoms with Crippen molar-refractivity contribution in [1.29, 1.82) is 0 Å². The summed E-state index contributed by atoms with van der Waals surface area (Å²) in [6, 6.07) is 15.8. The molecule has 1 saturated heterocycles. The van der Waals surface area contributed by atoms with Crippen LogP contribution >= 0.6 is 0 Å². The molecule has 2 aliphatic heterocycles. The highest BCUT2D eigenvalue weighted by molar-refractivity contribution is 5.78. The second-order valence-corrected chi connectivity index (χ2v) is 7.78. The fourth-order valence-electron chi connectivity index (χ4n) is 4.19. The standard InChI is InChI=1S/C24H30N2O4/c1-2-25-12-6-7-20(25)17-26(24(27)18-30-21-8-4-3-5-9-21)16-19-10-11-22-23(15-19)29-14-13-28-22/h3-5,8-11,15,20H,2,6-7,12-14,16-18H2,1H3. The molecule has 1 atom stereocenters. The van der Waals surface area contributed by atoms with Gasteiger partial charge in [0.05, 0.1) is 0 Å². The van der Waals surface area contributed by atoms with Gasteiger partial charge in [0.15, 0.2) is 18.1 Å². The number of ether oxygens (including phenoxy) is 3. The minimum absolute atomic E-state index is 0.00306. The van der Waals surface area contributed by atoms with Crippen LogP contribution in [-0.4, -0.2) is 61.2 Å². The summed E-state index contributed by atoms with van der Waals surface area (Å²) in [5, 5.41) is 0.